The first-order valence-electron chi connectivity index (χ1n) is 7.41. The molecule has 0 N–H and O–H groups in total. The topological polar surface area (TPSA) is 0 Å². The maximum Gasteiger partial charge on any atom is 0.0999 e. The van der Waals surface area contributed by atoms with Gasteiger partial charge in [-0.05, 0) is 56.1 Å². The highest BCUT2D eigenvalue weighted by Crippen LogP contribution is 2.29. The number of hydrogen-bond acceptors (Lipinski definition) is 0. The fourth-order valence-corrected chi connectivity index (χ4v) is 3.04. The minimum Gasteiger partial charge on any atom is -0.248 e. The third-order valence-corrected chi connectivity index (χ3v) is 4.26. The van der Waals surface area contributed by atoms with E-state index in [1.807, 2.05) is 6.92 Å². The molecule has 2 atom stereocenters. The SMILES string of the molecule is CCC(F)CCCC1CCc2ccc(C)cc2C1. The molecule has 18 heavy (non-hydrogen) atoms. The van der Waals surface area contributed by atoms with Gasteiger partial charge in [-0.2, -0.15) is 0 Å². The first-order valence-corrected chi connectivity index (χ1v) is 7.41. The lowest BCUT2D eigenvalue weighted by atomic mass is 9.81. The van der Waals surface area contributed by atoms with Crippen molar-refractivity contribution in [2.45, 2.75) is 65.0 Å². The molecule has 1 aromatic carbocycles. The average molecular weight is 248 g/mol. The summed E-state index contributed by atoms with van der Waals surface area (Å²) in [6.07, 6.45) is 6.82. The second kappa shape index (κ2) is 6.36. The summed E-state index contributed by atoms with van der Waals surface area (Å²) in [6.45, 7) is 4.10. The first kappa shape index (κ1) is 13.6. The molecule has 0 fully saturated rings. The fourth-order valence-electron chi connectivity index (χ4n) is 3.04. The van der Waals surface area contributed by atoms with E-state index in [0.717, 1.165) is 18.8 Å². The lowest BCUT2D eigenvalue weighted by Gasteiger charge is -2.25. The molecular weight excluding hydrogens is 223 g/mol. The van der Waals surface area contributed by atoms with Crippen molar-refractivity contribution in [3.63, 3.8) is 0 Å². The van der Waals surface area contributed by atoms with Gasteiger partial charge in [0.2, 0.25) is 0 Å². The lowest BCUT2D eigenvalue weighted by molar-refractivity contribution is 0.285. The third kappa shape index (κ3) is 3.57. The standard InChI is InChI=1S/C17H25F/c1-3-17(18)6-4-5-14-8-10-15-9-7-13(2)11-16(15)12-14/h7,9,11,14,17H,3-6,8,10,12H2,1-2H3. The highest BCUT2D eigenvalue weighted by Gasteiger charge is 2.18. The van der Waals surface area contributed by atoms with Crippen molar-refractivity contribution in [3.05, 3.63) is 34.9 Å². The molecule has 0 saturated heterocycles. The monoisotopic (exact) mass is 248 g/mol. The Kier molecular flexibility index (Phi) is 4.79. The van der Waals surface area contributed by atoms with Crippen molar-refractivity contribution in [1.82, 2.24) is 0 Å². The van der Waals surface area contributed by atoms with Gasteiger partial charge < -0.3 is 0 Å². The minimum atomic E-state index is -0.580. The Morgan fingerprint density at radius 3 is 2.94 bits per heavy atom. The Hall–Kier alpha value is -0.850. The largest absolute Gasteiger partial charge is 0.248 e. The molecule has 0 heterocycles. The van der Waals surface area contributed by atoms with Crippen LogP contribution in [0.5, 0.6) is 0 Å². The highest BCUT2D eigenvalue weighted by atomic mass is 19.1. The molecular formula is C17H25F. The summed E-state index contributed by atoms with van der Waals surface area (Å²) in [5, 5.41) is 0. The number of rotatable bonds is 5. The molecule has 0 aliphatic heterocycles. The van der Waals surface area contributed by atoms with E-state index in [4.69, 9.17) is 0 Å². The maximum atomic E-state index is 13.2. The molecule has 100 valence electrons. The van der Waals surface area contributed by atoms with Crippen molar-refractivity contribution in [1.29, 1.82) is 0 Å². The van der Waals surface area contributed by atoms with Crippen LogP contribution in [-0.2, 0) is 12.8 Å². The Morgan fingerprint density at radius 1 is 1.33 bits per heavy atom. The van der Waals surface area contributed by atoms with Crippen LogP contribution < -0.4 is 0 Å². The number of aryl methyl sites for hydroxylation is 2. The molecule has 1 aliphatic rings. The highest BCUT2D eigenvalue weighted by molar-refractivity contribution is 5.33. The Labute approximate surface area is 111 Å². The van der Waals surface area contributed by atoms with Gasteiger partial charge in [-0.15, -0.1) is 0 Å². The Morgan fingerprint density at radius 2 is 2.17 bits per heavy atom. The number of alkyl halides is 1. The Bertz CT molecular complexity index is 383. The van der Waals surface area contributed by atoms with Crippen LogP contribution in [0.1, 0.15) is 55.7 Å². The van der Waals surface area contributed by atoms with Gasteiger partial charge in [0.1, 0.15) is 0 Å². The van der Waals surface area contributed by atoms with Gasteiger partial charge in [-0.1, -0.05) is 43.5 Å². The van der Waals surface area contributed by atoms with E-state index in [0.29, 0.717) is 6.42 Å². The second-order valence-corrected chi connectivity index (χ2v) is 5.82. The number of halogens is 1. The van der Waals surface area contributed by atoms with Crippen molar-refractivity contribution in [2.24, 2.45) is 5.92 Å². The summed E-state index contributed by atoms with van der Waals surface area (Å²) in [6, 6.07) is 6.84. The van der Waals surface area contributed by atoms with Crippen molar-refractivity contribution >= 4 is 0 Å². The molecule has 2 rings (SSSR count). The number of hydrogen-bond donors (Lipinski definition) is 0. The molecule has 0 aromatic heterocycles. The average Bonchev–Trinajstić information content (AvgIpc) is 2.38. The van der Waals surface area contributed by atoms with Crippen molar-refractivity contribution < 1.29 is 4.39 Å². The normalized spacial score (nSPS) is 20.5. The predicted molar refractivity (Wildman–Crippen MR) is 75.7 cm³/mol. The smallest absolute Gasteiger partial charge is 0.0999 e. The van der Waals surface area contributed by atoms with Crippen LogP contribution >= 0.6 is 0 Å². The molecule has 0 amide bonds. The van der Waals surface area contributed by atoms with E-state index in [1.54, 1.807) is 5.56 Å². The van der Waals surface area contributed by atoms with Crippen LogP contribution in [0, 0.1) is 12.8 Å². The van der Waals surface area contributed by atoms with Gasteiger partial charge in [0, 0.05) is 0 Å². The predicted octanol–water partition coefficient (Wildman–Crippen LogP) is 5.02. The molecule has 1 aliphatic carbocycles. The molecule has 1 heteroatoms. The van der Waals surface area contributed by atoms with E-state index in [9.17, 15) is 4.39 Å². The second-order valence-electron chi connectivity index (χ2n) is 5.82. The van der Waals surface area contributed by atoms with Crippen LogP contribution in [0.3, 0.4) is 0 Å². The van der Waals surface area contributed by atoms with Gasteiger partial charge in [-0.25, -0.2) is 4.39 Å². The summed E-state index contributed by atoms with van der Waals surface area (Å²) < 4.78 is 13.2. The van der Waals surface area contributed by atoms with E-state index in [-0.39, 0.29) is 0 Å². The lowest BCUT2D eigenvalue weighted by Crippen LogP contribution is -2.15. The zero-order chi connectivity index (χ0) is 13.0. The van der Waals surface area contributed by atoms with E-state index in [2.05, 4.69) is 25.1 Å². The van der Waals surface area contributed by atoms with E-state index in [1.165, 1.54) is 36.8 Å². The quantitative estimate of drug-likeness (QED) is 0.686. The van der Waals surface area contributed by atoms with Gasteiger partial charge in [0.15, 0.2) is 0 Å². The summed E-state index contributed by atoms with van der Waals surface area (Å²) >= 11 is 0. The van der Waals surface area contributed by atoms with Crippen LogP contribution in [0.4, 0.5) is 4.39 Å². The van der Waals surface area contributed by atoms with Gasteiger partial charge in [0.25, 0.3) is 0 Å². The van der Waals surface area contributed by atoms with Crippen molar-refractivity contribution in [3.8, 4) is 0 Å². The summed E-state index contributed by atoms with van der Waals surface area (Å²) in [4.78, 5) is 0. The van der Waals surface area contributed by atoms with Crippen molar-refractivity contribution in [2.75, 3.05) is 0 Å². The number of benzene rings is 1. The summed E-state index contributed by atoms with van der Waals surface area (Å²) in [5.41, 5.74) is 4.44. The van der Waals surface area contributed by atoms with E-state index >= 15 is 0 Å². The van der Waals surface area contributed by atoms with E-state index < -0.39 is 6.17 Å². The molecule has 0 nitrogen and oxygen atoms in total. The summed E-state index contributed by atoms with van der Waals surface area (Å²) in [5.74, 6) is 0.781. The van der Waals surface area contributed by atoms with Gasteiger partial charge in [0.05, 0.1) is 6.17 Å². The van der Waals surface area contributed by atoms with Gasteiger partial charge >= 0.3 is 0 Å². The summed E-state index contributed by atoms with van der Waals surface area (Å²) in [7, 11) is 0. The van der Waals surface area contributed by atoms with Crippen LogP contribution in [-0.4, -0.2) is 6.17 Å². The molecule has 0 radical (unpaired) electrons. The third-order valence-electron chi connectivity index (χ3n) is 4.26. The molecule has 0 saturated carbocycles. The van der Waals surface area contributed by atoms with Crippen LogP contribution in [0.15, 0.2) is 18.2 Å². The zero-order valence-corrected chi connectivity index (χ0v) is 11.7. The molecule has 0 bridgehead atoms. The molecule has 2 unspecified atom stereocenters. The maximum absolute atomic E-state index is 13.2. The Balaban J connectivity index is 1.84. The molecule has 1 aromatic rings. The van der Waals surface area contributed by atoms with Crippen LogP contribution in [0.2, 0.25) is 0 Å². The van der Waals surface area contributed by atoms with Crippen LogP contribution in [0.25, 0.3) is 0 Å². The zero-order valence-electron chi connectivity index (χ0n) is 11.7. The van der Waals surface area contributed by atoms with Gasteiger partial charge in [-0.3, -0.25) is 0 Å². The minimum absolute atomic E-state index is 0.580. The number of fused-ring (bicyclic) bond motifs is 1. The first-order chi connectivity index (χ1) is 8.69. The molecule has 0 spiro atoms. The fraction of sp³-hybridized carbons (Fsp3) is 0.647.